The Kier molecular flexibility index (Phi) is 9.77. The van der Waals surface area contributed by atoms with Gasteiger partial charge in [0.15, 0.2) is 5.82 Å². The monoisotopic (exact) mass is 641 g/mol. The predicted molar refractivity (Wildman–Crippen MR) is 162 cm³/mol. The number of benzene rings is 2. The van der Waals surface area contributed by atoms with E-state index in [1.165, 1.54) is 13.2 Å². The van der Waals surface area contributed by atoms with Crippen molar-refractivity contribution in [2.45, 2.75) is 51.7 Å². The fourth-order valence-corrected chi connectivity index (χ4v) is 5.91. The molecule has 5 rings (SSSR count). The van der Waals surface area contributed by atoms with Gasteiger partial charge in [0.05, 0.1) is 35.9 Å². The minimum absolute atomic E-state index is 0.0420. The first-order chi connectivity index (χ1) is 21.5. The van der Waals surface area contributed by atoms with Crippen LogP contribution in [0.25, 0.3) is 16.7 Å². The van der Waals surface area contributed by atoms with Crippen LogP contribution < -0.4 is 10.1 Å². The van der Waals surface area contributed by atoms with Crippen molar-refractivity contribution >= 4 is 40.6 Å². The number of nitrogens with one attached hydrogen (secondary N) is 1. The second-order valence-electron chi connectivity index (χ2n) is 11.0. The second kappa shape index (κ2) is 13.7. The number of rotatable bonds is 6. The zero-order valence-electron chi connectivity index (χ0n) is 24.6. The lowest BCUT2D eigenvalue weighted by molar-refractivity contribution is -0.139. The number of nitrogens with zero attached hydrogens (tertiary/aromatic N) is 2. The lowest BCUT2D eigenvalue weighted by atomic mass is 9.92. The van der Waals surface area contributed by atoms with Gasteiger partial charge in [-0.1, -0.05) is 37.1 Å². The number of hydrogen-bond acceptors (Lipinski definition) is 6. The summed E-state index contributed by atoms with van der Waals surface area (Å²) in [6, 6.07) is 10.8. The molecule has 0 aliphatic carbocycles. The van der Waals surface area contributed by atoms with Gasteiger partial charge in [-0.15, -0.1) is 0 Å². The van der Waals surface area contributed by atoms with E-state index < -0.39 is 36.1 Å². The maximum absolute atomic E-state index is 15.1. The summed E-state index contributed by atoms with van der Waals surface area (Å²) in [5, 5.41) is 2.74. The Morgan fingerprint density at radius 1 is 1.16 bits per heavy atom. The fraction of sp³-hybridized carbons (Fsp3) is 0.333. The van der Waals surface area contributed by atoms with Crippen LogP contribution in [0.2, 0.25) is 5.02 Å². The molecular formula is C33H31ClF3N3O5. The van der Waals surface area contributed by atoms with Gasteiger partial charge in [0.2, 0.25) is 11.8 Å². The summed E-state index contributed by atoms with van der Waals surface area (Å²) in [5.41, 5.74) is 3.22. The Bertz CT molecular complexity index is 1660. The molecule has 0 saturated heterocycles. The number of methoxy groups -OCH3 is 1. The molecule has 0 unspecified atom stereocenters. The van der Waals surface area contributed by atoms with E-state index in [-0.39, 0.29) is 47.4 Å². The normalized spacial score (nSPS) is 18.7. The van der Waals surface area contributed by atoms with Crippen molar-refractivity contribution in [3.05, 3.63) is 82.4 Å². The minimum atomic E-state index is -3.19. The number of alkyl halides is 2. The highest BCUT2D eigenvalue weighted by atomic mass is 35.5. The van der Waals surface area contributed by atoms with Crippen molar-refractivity contribution in [1.82, 2.24) is 9.88 Å². The third-order valence-electron chi connectivity index (χ3n) is 8.09. The zero-order chi connectivity index (χ0) is 32.2. The number of carbonyl (C=O) groups is 3. The molecule has 2 aliphatic rings. The van der Waals surface area contributed by atoms with E-state index in [2.05, 4.69) is 15.0 Å². The topological polar surface area (TPSA) is 97.8 Å². The Labute approximate surface area is 263 Å². The zero-order valence-corrected chi connectivity index (χ0v) is 25.4. The third-order valence-corrected chi connectivity index (χ3v) is 8.38. The molecule has 2 aliphatic heterocycles. The summed E-state index contributed by atoms with van der Waals surface area (Å²) in [7, 11) is 1.31. The molecule has 12 heteroatoms. The third kappa shape index (κ3) is 7.14. The van der Waals surface area contributed by atoms with Gasteiger partial charge in [-0.2, -0.15) is 8.78 Å². The number of anilines is 1. The standard InChI is InChI=1S/C33H31ClF3N3O5/c1-18-4-3-5-26(40-13-11-21(17-28(40)41)30-27(45-33(36)37)9-8-23(34)31(30)35)25-16-20(10-12-38-25)22-7-6-19(15-29(42)44-2)14-24(22)39-32(18)43/h6-10,12,14,16-18,26,33H,3-5,11,13,15H2,1-2H3,(H,39,43)/t18-,26+/m1/s1. The van der Waals surface area contributed by atoms with Gasteiger partial charge in [0.1, 0.15) is 5.75 Å². The lowest BCUT2D eigenvalue weighted by Crippen LogP contribution is -2.38. The minimum Gasteiger partial charge on any atom is -0.469 e. The first kappa shape index (κ1) is 32.0. The molecule has 0 fully saturated rings. The van der Waals surface area contributed by atoms with Crippen LogP contribution in [-0.2, 0) is 25.5 Å². The van der Waals surface area contributed by atoms with Crippen molar-refractivity contribution in [1.29, 1.82) is 0 Å². The van der Waals surface area contributed by atoms with E-state index in [1.54, 1.807) is 29.3 Å². The summed E-state index contributed by atoms with van der Waals surface area (Å²) in [5.74, 6) is -2.72. The quantitative estimate of drug-likeness (QED) is 0.292. The predicted octanol–water partition coefficient (Wildman–Crippen LogP) is 6.97. The van der Waals surface area contributed by atoms with Crippen molar-refractivity contribution in [3.8, 4) is 16.9 Å². The molecule has 0 spiro atoms. The highest BCUT2D eigenvalue weighted by molar-refractivity contribution is 6.31. The van der Waals surface area contributed by atoms with Crippen LogP contribution in [0.3, 0.4) is 0 Å². The maximum atomic E-state index is 15.1. The number of pyridine rings is 1. The summed E-state index contributed by atoms with van der Waals surface area (Å²) < 4.78 is 50.6. The number of aromatic nitrogens is 1. The number of halogens is 4. The Morgan fingerprint density at radius 2 is 1.96 bits per heavy atom. The summed E-state index contributed by atoms with van der Waals surface area (Å²) >= 11 is 5.95. The van der Waals surface area contributed by atoms with Gasteiger partial charge < -0.3 is 19.7 Å². The van der Waals surface area contributed by atoms with E-state index in [1.807, 2.05) is 19.1 Å². The van der Waals surface area contributed by atoms with Crippen molar-refractivity contribution in [2.75, 3.05) is 19.0 Å². The maximum Gasteiger partial charge on any atom is 0.387 e. The smallest absolute Gasteiger partial charge is 0.387 e. The molecule has 3 heterocycles. The summed E-state index contributed by atoms with van der Waals surface area (Å²) in [6.45, 7) is -1.21. The average molecular weight is 642 g/mol. The Balaban J connectivity index is 1.52. The highest BCUT2D eigenvalue weighted by Crippen LogP contribution is 2.40. The van der Waals surface area contributed by atoms with Gasteiger partial charge in [0.25, 0.3) is 0 Å². The number of fused-ring (bicyclic) bond motifs is 4. The molecule has 0 radical (unpaired) electrons. The Morgan fingerprint density at radius 3 is 2.69 bits per heavy atom. The van der Waals surface area contributed by atoms with Gasteiger partial charge in [0, 0.05) is 36.0 Å². The average Bonchev–Trinajstić information content (AvgIpc) is 3.01. The summed E-state index contributed by atoms with van der Waals surface area (Å²) in [4.78, 5) is 44.9. The molecule has 236 valence electrons. The molecule has 45 heavy (non-hydrogen) atoms. The van der Waals surface area contributed by atoms with Crippen molar-refractivity contribution in [2.24, 2.45) is 5.92 Å². The van der Waals surface area contributed by atoms with Crippen LogP contribution in [-0.4, -0.2) is 47.9 Å². The molecule has 2 atom stereocenters. The lowest BCUT2D eigenvalue weighted by Gasteiger charge is -2.35. The molecule has 1 N–H and O–H groups in total. The molecule has 3 aromatic rings. The van der Waals surface area contributed by atoms with Crippen molar-refractivity contribution in [3.63, 3.8) is 0 Å². The van der Waals surface area contributed by atoms with Gasteiger partial charge in [-0.05, 0) is 66.3 Å². The van der Waals surface area contributed by atoms with E-state index in [0.717, 1.165) is 17.7 Å². The van der Waals surface area contributed by atoms with Crippen molar-refractivity contribution < 1.29 is 37.0 Å². The molecule has 8 nitrogen and oxygen atoms in total. The van der Waals surface area contributed by atoms with Gasteiger partial charge in [-0.3, -0.25) is 19.4 Å². The second-order valence-corrected chi connectivity index (χ2v) is 11.4. The number of carbonyl (C=O) groups excluding carboxylic acids is 3. The molecule has 2 bridgehead atoms. The molecule has 2 amide bonds. The fourth-order valence-electron chi connectivity index (χ4n) is 5.75. The number of hydrogen-bond donors (Lipinski definition) is 1. The van der Waals surface area contributed by atoms with E-state index >= 15 is 4.39 Å². The Hall–Kier alpha value is -4.38. The first-order valence-electron chi connectivity index (χ1n) is 14.5. The van der Waals surface area contributed by atoms with E-state index in [4.69, 9.17) is 16.3 Å². The van der Waals surface area contributed by atoms with Crippen LogP contribution >= 0.6 is 11.6 Å². The summed E-state index contributed by atoms with van der Waals surface area (Å²) in [6.07, 6.45) is 4.68. The highest BCUT2D eigenvalue weighted by Gasteiger charge is 2.32. The first-order valence-corrected chi connectivity index (χ1v) is 14.8. The molecule has 1 aromatic heterocycles. The van der Waals surface area contributed by atoms with Gasteiger partial charge >= 0.3 is 12.6 Å². The molecule has 2 aromatic carbocycles. The largest absolute Gasteiger partial charge is 0.469 e. The van der Waals surface area contributed by atoms with Crippen LogP contribution in [0.5, 0.6) is 5.75 Å². The number of esters is 1. The number of amides is 2. The van der Waals surface area contributed by atoms with Crippen LogP contribution in [0.1, 0.15) is 55.5 Å². The number of ether oxygens (including phenoxy) is 2. The molecule has 0 saturated carbocycles. The van der Waals surface area contributed by atoms with E-state index in [9.17, 15) is 23.2 Å². The van der Waals surface area contributed by atoms with Crippen LogP contribution in [0.15, 0.2) is 54.7 Å². The SMILES string of the molecule is COC(=O)Cc1ccc2c(c1)NC(=O)[C@H](C)CCC[C@H](N1CCC(c3c(OC(F)F)ccc(Cl)c3F)=CC1=O)c1cc-2ccn1. The van der Waals surface area contributed by atoms with Crippen LogP contribution in [0.4, 0.5) is 18.9 Å². The molecular weight excluding hydrogens is 611 g/mol. The van der Waals surface area contributed by atoms with E-state index in [0.29, 0.717) is 41.8 Å². The van der Waals surface area contributed by atoms with Crippen LogP contribution in [0, 0.1) is 11.7 Å². The van der Waals surface area contributed by atoms with Gasteiger partial charge in [-0.25, -0.2) is 4.39 Å².